The summed E-state index contributed by atoms with van der Waals surface area (Å²) in [7, 11) is -0.458. The number of nitro benzene ring substituents is 1. The normalized spacial score (nSPS) is 15.1. The van der Waals surface area contributed by atoms with Crippen LogP contribution in [0.1, 0.15) is 0 Å². The Kier molecular flexibility index (Phi) is 4.15. The van der Waals surface area contributed by atoms with Gasteiger partial charge < -0.3 is 5.32 Å². The molecule has 0 fully saturated rings. The van der Waals surface area contributed by atoms with Gasteiger partial charge in [0.15, 0.2) is 0 Å². The highest BCUT2D eigenvalue weighted by Crippen LogP contribution is 2.33. The van der Waals surface area contributed by atoms with E-state index in [-0.39, 0.29) is 11.6 Å². The van der Waals surface area contributed by atoms with Gasteiger partial charge in [-0.3, -0.25) is 14.9 Å². The fraction of sp³-hybridized carbons (Fsp3) is 0. The van der Waals surface area contributed by atoms with Crippen LogP contribution in [-0.2, 0) is 4.79 Å². The molecule has 98 valence electrons. The van der Waals surface area contributed by atoms with Gasteiger partial charge in [0.05, 0.1) is 4.92 Å². The highest BCUT2D eigenvalue weighted by atomic mass is 32.2. The average Bonchev–Trinajstić information content (AvgIpc) is 2.90. The first-order chi connectivity index (χ1) is 9.15. The van der Waals surface area contributed by atoms with Gasteiger partial charge in [-0.25, -0.2) is 0 Å². The van der Waals surface area contributed by atoms with Crippen LogP contribution in [0.5, 0.6) is 0 Å². The van der Waals surface area contributed by atoms with Crippen LogP contribution in [-0.4, -0.2) is 10.8 Å². The van der Waals surface area contributed by atoms with Crippen molar-refractivity contribution < 1.29 is 9.72 Å². The molecule has 0 unspecified atom stereocenters. The third kappa shape index (κ3) is 3.82. The second-order valence-corrected chi connectivity index (χ2v) is 5.53. The summed E-state index contributed by atoms with van der Waals surface area (Å²) in [6.45, 7) is 0. The molecular formula is C13H12N2O3S. The maximum atomic E-state index is 11.6. The van der Waals surface area contributed by atoms with Crippen molar-refractivity contribution in [3.63, 3.8) is 0 Å². The number of anilines is 1. The molecule has 2 rings (SSSR count). The predicted molar refractivity (Wildman–Crippen MR) is 78.1 cm³/mol. The van der Waals surface area contributed by atoms with Crippen LogP contribution in [0.4, 0.5) is 11.4 Å². The van der Waals surface area contributed by atoms with E-state index < -0.39 is 15.8 Å². The van der Waals surface area contributed by atoms with Crippen LogP contribution in [0, 0.1) is 10.1 Å². The molecule has 1 N–H and O–H groups in total. The van der Waals surface area contributed by atoms with Crippen LogP contribution in [0.25, 0.3) is 0 Å². The minimum Gasteiger partial charge on any atom is -0.322 e. The van der Waals surface area contributed by atoms with E-state index in [0.29, 0.717) is 5.69 Å². The number of hydrogen-bond acceptors (Lipinski definition) is 3. The number of hydrogen-bond donors (Lipinski definition) is 2. The van der Waals surface area contributed by atoms with Gasteiger partial charge in [-0.15, -0.1) is 0 Å². The molecule has 0 aromatic heterocycles. The lowest BCUT2D eigenvalue weighted by Gasteiger charge is -2.03. The van der Waals surface area contributed by atoms with Gasteiger partial charge in [0.1, 0.15) is 0 Å². The number of non-ortho nitro benzene ring substituents is 1. The van der Waals surface area contributed by atoms with Gasteiger partial charge in [-0.2, -0.15) is 10.9 Å². The van der Waals surface area contributed by atoms with Crippen molar-refractivity contribution in [2.45, 2.75) is 0 Å². The SMILES string of the molecule is O=C(C=C[SH]1C=CC=C1)Nc1ccc([N+](=O)[O-])cc1. The fourth-order valence-corrected chi connectivity index (χ4v) is 2.65. The van der Waals surface area contributed by atoms with E-state index in [2.05, 4.69) is 5.32 Å². The van der Waals surface area contributed by atoms with E-state index in [4.69, 9.17) is 0 Å². The minimum atomic E-state index is -0.479. The van der Waals surface area contributed by atoms with E-state index >= 15 is 0 Å². The maximum absolute atomic E-state index is 11.6. The molecule has 1 aromatic rings. The lowest BCUT2D eigenvalue weighted by Crippen LogP contribution is -2.07. The van der Waals surface area contributed by atoms with E-state index in [1.54, 1.807) is 0 Å². The molecule has 0 radical (unpaired) electrons. The Bertz CT molecular complexity index is 564. The zero-order valence-electron chi connectivity index (χ0n) is 9.89. The Hall–Kier alpha value is -2.34. The predicted octanol–water partition coefficient (Wildman–Crippen LogP) is 3.09. The maximum Gasteiger partial charge on any atom is 0.269 e. The molecule has 0 atom stereocenters. The van der Waals surface area contributed by atoms with Crippen molar-refractivity contribution in [3.8, 4) is 0 Å². The minimum absolute atomic E-state index is 0.00164. The van der Waals surface area contributed by atoms with Crippen LogP contribution < -0.4 is 5.32 Å². The largest absolute Gasteiger partial charge is 0.322 e. The van der Waals surface area contributed by atoms with Gasteiger partial charge in [0, 0.05) is 23.9 Å². The molecule has 1 amide bonds. The zero-order chi connectivity index (χ0) is 13.7. The molecule has 5 nitrogen and oxygen atoms in total. The van der Waals surface area contributed by atoms with Crippen LogP contribution in [0.3, 0.4) is 0 Å². The second-order valence-electron chi connectivity index (χ2n) is 3.74. The average molecular weight is 276 g/mol. The quantitative estimate of drug-likeness (QED) is 0.384. The molecular weight excluding hydrogens is 264 g/mol. The molecule has 6 heteroatoms. The lowest BCUT2D eigenvalue weighted by molar-refractivity contribution is -0.384. The number of rotatable bonds is 4. The van der Waals surface area contributed by atoms with Gasteiger partial charge in [-0.1, -0.05) is 12.2 Å². The number of nitrogens with zero attached hydrogens (tertiary/aromatic N) is 1. The van der Waals surface area contributed by atoms with E-state index in [9.17, 15) is 14.9 Å². The number of allylic oxidation sites excluding steroid dienone is 2. The summed E-state index contributed by atoms with van der Waals surface area (Å²) in [6, 6.07) is 5.72. The van der Waals surface area contributed by atoms with Gasteiger partial charge in [-0.05, 0) is 28.4 Å². The molecule has 1 heterocycles. The van der Waals surface area contributed by atoms with Crippen molar-refractivity contribution in [1.82, 2.24) is 0 Å². The fourth-order valence-electron chi connectivity index (χ4n) is 1.45. The number of nitrogens with one attached hydrogen (secondary N) is 1. The van der Waals surface area contributed by atoms with Gasteiger partial charge in [0.25, 0.3) is 5.69 Å². The Morgan fingerprint density at radius 3 is 2.42 bits per heavy atom. The summed E-state index contributed by atoms with van der Waals surface area (Å²) < 4.78 is 0. The summed E-state index contributed by atoms with van der Waals surface area (Å²) in [5, 5.41) is 19.0. The van der Waals surface area contributed by atoms with E-state index in [1.807, 2.05) is 28.4 Å². The number of benzene rings is 1. The smallest absolute Gasteiger partial charge is 0.269 e. The Morgan fingerprint density at radius 2 is 1.84 bits per heavy atom. The molecule has 0 saturated heterocycles. The third-order valence-corrected chi connectivity index (χ3v) is 3.90. The summed E-state index contributed by atoms with van der Waals surface area (Å²) >= 11 is 0. The number of thiol groups is 1. The molecule has 0 aliphatic carbocycles. The van der Waals surface area contributed by atoms with Crippen molar-refractivity contribution >= 4 is 28.2 Å². The summed E-state index contributed by atoms with van der Waals surface area (Å²) in [5.74, 6) is -0.245. The van der Waals surface area contributed by atoms with Crippen LogP contribution >= 0.6 is 10.9 Å². The first-order valence-electron chi connectivity index (χ1n) is 5.51. The second kappa shape index (κ2) is 6.01. The number of nitro groups is 1. The molecule has 0 bridgehead atoms. The van der Waals surface area contributed by atoms with Crippen molar-refractivity contribution in [2.24, 2.45) is 0 Å². The highest BCUT2D eigenvalue weighted by molar-refractivity contribution is 8.24. The Balaban J connectivity index is 1.93. The summed E-state index contributed by atoms with van der Waals surface area (Å²) in [4.78, 5) is 21.6. The van der Waals surface area contributed by atoms with E-state index in [1.165, 1.54) is 30.3 Å². The molecule has 1 aromatic carbocycles. The molecule has 1 aliphatic rings. The first kappa shape index (κ1) is 13.1. The standard InChI is InChI=1S/C13H12N2O3S/c16-13(7-10-19-8-1-2-9-19)14-11-3-5-12(6-4-11)15(17)18/h1-10,19H,(H,14,16). The number of carbonyl (C=O) groups excluding carboxylic acids is 1. The molecule has 19 heavy (non-hydrogen) atoms. The number of carbonyl (C=O) groups is 1. The van der Waals surface area contributed by atoms with Crippen molar-refractivity contribution in [2.75, 3.05) is 5.32 Å². The van der Waals surface area contributed by atoms with Crippen LogP contribution in [0.15, 0.2) is 58.7 Å². The zero-order valence-corrected chi connectivity index (χ0v) is 10.8. The molecule has 1 aliphatic heterocycles. The first-order valence-corrected chi connectivity index (χ1v) is 7.06. The highest BCUT2D eigenvalue weighted by Gasteiger charge is 2.05. The van der Waals surface area contributed by atoms with Crippen molar-refractivity contribution in [3.05, 3.63) is 68.8 Å². The van der Waals surface area contributed by atoms with Gasteiger partial charge >= 0.3 is 0 Å². The van der Waals surface area contributed by atoms with Crippen molar-refractivity contribution in [1.29, 1.82) is 0 Å². The number of amides is 1. The lowest BCUT2D eigenvalue weighted by atomic mass is 10.3. The Labute approximate surface area is 112 Å². The monoisotopic (exact) mass is 276 g/mol. The summed E-state index contributed by atoms with van der Waals surface area (Å²) in [5.41, 5.74) is 0.531. The third-order valence-electron chi connectivity index (χ3n) is 2.37. The summed E-state index contributed by atoms with van der Waals surface area (Å²) in [6.07, 6.45) is 5.38. The van der Waals surface area contributed by atoms with E-state index in [0.717, 1.165) is 0 Å². The van der Waals surface area contributed by atoms with Crippen LogP contribution in [0.2, 0.25) is 0 Å². The Morgan fingerprint density at radius 1 is 1.21 bits per heavy atom. The van der Waals surface area contributed by atoms with Gasteiger partial charge in [0.2, 0.25) is 5.91 Å². The molecule has 0 saturated carbocycles. The topological polar surface area (TPSA) is 72.2 Å². The molecule has 0 spiro atoms.